The van der Waals surface area contributed by atoms with Gasteiger partial charge in [0.1, 0.15) is 11.3 Å². The molecule has 6 rings (SSSR count). The van der Waals surface area contributed by atoms with Crippen molar-refractivity contribution in [2.24, 2.45) is 7.05 Å². The molecule has 2 N–H and O–H groups in total. The van der Waals surface area contributed by atoms with Gasteiger partial charge < -0.3 is 14.8 Å². The lowest BCUT2D eigenvalue weighted by molar-refractivity contribution is -0.233. The van der Waals surface area contributed by atoms with Crippen molar-refractivity contribution in [3.63, 3.8) is 0 Å². The summed E-state index contributed by atoms with van der Waals surface area (Å²) in [5.41, 5.74) is 1.59. The molecule has 3 aliphatic rings. The van der Waals surface area contributed by atoms with Crippen LogP contribution in [0.4, 0.5) is 10.6 Å². The van der Waals surface area contributed by atoms with Gasteiger partial charge in [0.05, 0.1) is 16.9 Å². The van der Waals surface area contributed by atoms with Crippen LogP contribution in [-0.2, 0) is 16.5 Å². The van der Waals surface area contributed by atoms with Crippen LogP contribution in [0.1, 0.15) is 48.2 Å². The van der Waals surface area contributed by atoms with Crippen molar-refractivity contribution in [1.82, 2.24) is 30.3 Å². The van der Waals surface area contributed by atoms with Crippen molar-refractivity contribution in [1.29, 1.82) is 0 Å². The molecule has 0 unspecified atom stereocenters. The van der Waals surface area contributed by atoms with Crippen LogP contribution in [0.25, 0.3) is 11.4 Å². The van der Waals surface area contributed by atoms with Crippen LogP contribution in [0, 0.1) is 0 Å². The van der Waals surface area contributed by atoms with Crippen molar-refractivity contribution >= 4 is 29.4 Å². The van der Waals surface area contributed by atoms with Crippen molar-refractivity contribution in [3.8, 4) is 11.4 Å². The lowest BCUT2D eigenvalue weighted by Crippen LogP contribution is -2.79. The molecule has 12 heteroatoms. The van der Waals surface area contributed by atoms with Crippen LogP contribution in [0.5, 0.6) is 0 Å². The largest absolute Gasteiger partial charge is 0.441 e. The van der Waals surface area contributed by atoms with Gasteiger partial charge >= 0.3 is 6.09 Å². The SMILES string of the molecule is COC12CC(NC(=O)c3ccc(-c4nnn(C)c4NC(=O)O[C@H](C)c4cccnc4Cl)nc3)(C1)C2. The van der Waals surface area contributed by atoms with Crippen molar-refractivity contribution in [2.45, 2.75) is 43.4 Å². The summed E-state index contributed by atoms with van der Waals surface area (Å²) in [6, 6.07) is 6.77. The first kappa shape index (κ1) is 23.2. The Balaban J connectivity index is 1.25. The number of pyridine rings is 2. The highest BCUT2D eigenvalue weighted by molar-refractivity contribution is 6.30. The maximum atomic E-state index is 12.7. The molecule has 0 spiro atoms. The number of aryl methyl sites for hydroxylation is 1. The lowest BCUT2D eigenvalue weighted by atomic mass is 9.46. The lowest BCUT2D eigenvalue weighted by Gasteiger charge is -2.69. The second-order valence-electron chi connectivity index (χ2n) is 9.05. The summed E-state index contributed by atoms with van der Waals surface area (Å²) in [6.45, 7) is 1.69. The molecule has 11 nitrogen and oxygen atoms in total. The Labute approximate surface area is 206 Å². The van der Waals surface area contributed by atoms with E-state index in [1.54, 1.807) is 51.5 Å². The molecule has 0 radical (unpaired) electrons. The molecule has 3 aromatic rings. The second kappa shape index (κ2) is 8.58. The summed E-state index contributed by atoms with van der Waals surface area (Å²) in [5.74, 6) is 0.112. The standard InChI is InChI=1S/C23H24ClN7O4/c1-13(15-5-4-8-25-18(15)24)35-21(33)27-19-17(29-30-31(19)2)16-7-6-14(9-26-16)20(32)28-22-10-23(11-22,12-22)34-3/h4-9,13H,10-12H2,1-3H3,(H,27,33)(H,28,32)/t13-,22?,23?/m1/s1. The number of methoxy groups -OCH3 is 1. The Morgan fingerprint density at radius 1 is 1.20 bits per heavy atom. The van der Waals surface area contributed by atoms with Gasteiger partial charge in [-0.2, -0.15) is 0 Å². The number of hydrogen-bond donors (Lipinski definition) is 2. The average molecular weight is 498 g/mol. The summed E-state index contributed by atoms with van der Waals surface area (Å²) in [6.07, 6.45) is 4.20. The van der Waals surface area contributed by atoms with E-state index in [1.807, 2.05) is 0 Å². The zero-order chi connectivity index (χ0) is 24.8. The molecule has 0 aliphatic heterocycles. The molecule has 3 fully saturated rings. The van der Waals surface area contributed by atoms with Crippen molar-refractivity contribution in [3.05, 3.63) is 52.9 Å². The number of amides is 2. The molecule has 35 heavy (non-hydrogen) atoms. The third-order valence-electron chi connectivity index (χ3n) is 6.62. The molecule has 2 bridgehead atoms. The zero-order valence-electron chi connectivity index (χ0n) is 19.4. The van der Waals surface area contributed by atoms with Crippen LogP contribution >= 0.6 is 11.6 Å². The minimum Gasteiger partial charge on any atom is -0.441 e. The minimum atomic E-state index is -0.715. The number of carbonyl (C=O) groups excluding carboxylic acids is 2. The van der Waals surface area contributed by atoms with Gasteiger partial charge in [-0.25, -0.2) is 14.5 Å². The Kier molecular flexibility index (Phi) is 5.68. The fraction of sp³-hybridized carbons (Fsp3) is 0.391. The third kappa shape index (κ3) is 4.21. The molecule has 3 saturated carbocycles. The van der Waals surface area contributed by atoms with E-state index in [2.05, 4.69) is 30.9 Å². The van der Waals surface area contributed by atoms with Gasteiger partial charge in [0.25, 0.3) is 5.91 Å². The number of nitrogens with one attached hydrogen (secondary N) is 2. The number of aromatic nitrogens is 5. The molecule has 2 amide bonds. The Bertz CT molecular complexity index is 1270. The third-order valence-corrected chi connectivity index (χ3v) is 6.93. The monoisotopic (exact) mass is 497 g/mol. The quantitative estimate of drug-likeness (QED) is 0.475. The highest BCUT2D eigenvalue weighted by atomic mass is 35.5. The summed E-state index contributed by atoms with van der Waals surface area (Å²) in [5, 5.41) is 14.1. The minimum absolute atomic E-state index is 0.0477. The van der Waals surface area contributed by atoms with E-state index < -0.39 is 12.2 Å². The summed E-state index contributed by atoms with van der Waals surface area (Å²) in [4.78, 5) is 33.6. The molecule has 0 aromatic carbocycles. The fourth-order valence-electron chi connectivity index (χ4n) is 4.75. The first-order valence-electron chi connectivity index (χ1n) is 11.0. The van der Waals surface area contributed by atoms with Gasteiger partial charge in [0.2, 0.25) is 0 Å². The predicted octanol–water partition coefficient (Wildman–Crippen LogP) is 3.29. The molecular weight excluding hydrogens is 474 g/mol. The first-order chi connectivity index (χ1) is 16.7. The normalized spacial score (nSPS) is 23.0. The van der Waals surface area contributed by atoms with Gasteiger partial charge in [-0.3, -0.25) is 15.1 Å². The van der Waals surface area contributed by atoms with Crippen molar-refractivity contribution in [2.75, 3.05) is 12.4 Å². The molecule has 1 atom stereocenters. The number of carbonyl (C=O) groups is 2. The van der Waals surface area contributed by atoms with Gasteiger partial charge in [0, 0.05) is 37.7 Å². The van der Waals surface area contributed by atoms with Gasteiger partial charge in [-0.05, 0) is 44.4 Å². The van der Waals surface area contributed by atoms with Gasteiger partial charge in [-0.1, -0.05) is 22.9 Å². The molecule has 3 heterocycles. The van der Waals surface area contributed by atoms with Gasteiger partial charge in [0.15, 0.2) is 11.5 Å². The molecule has 3 aromatic heterocycles. The fourth-order valence-corrected chi connectivity index (χ4v) is 5.02. The Hall–Kier alpha value is -3.57. The van der Waals surface area contributed by atoms with Crippen LogP contribution in [0.3, 0.4) is 0 Å². The average Bonchev–Trinajstić information content (AvgIpc) is 3.15. The van der Waals surface area contributed by atoms with Crippen molar-refractivity contribution < 1.29 is 19.1 Å². The maximum absolute atomic E-state index is 12.7. The predicted molar refractivity (Wildman–Crippen MR) is 126 cm³/mol. The van der Waals surface area contributed by atoms with E-state index in [9.17, 15) is 9.59 Å². The molecule has 182 valence electrons. The topological polar surface area (TPSA) is 133 Å². The number of halogens is 1. The molecular formula is C23H24ClN7O4. The second-order valence-corrected chi connectivity index (χ2v) is 9.41. The van der Waals surface area contributed by atoms with Crippen LogP contribution in [0.15, 0.2) is 36.7 Å². The highest BCUT2D eigenvalue weighted by Crippen LogP contribution is 2.62. The number of hydrogen-bond acceptors (Lipinski definition) is 8. The van der Waals surface area contributed by atoms with Gasteiger partial charge in [-0.15, -0.1) is 5.10 Å². The summed E-state index contributed by atoms with van der Waals surface area (Å²) < 4.78 is 12.3. The van der Waals surface area contributed by atoms with E-state index in [0.717, 1.165) is 19.3 Å². The zero-order valence-corrected chi connectivity index (χ0v) is 20.2. The Morgan fingerprint density at radius 2 is 1.97 bits per heavy atom. The first-order valence-corrected chi connectivity index (χ1v) is 11.4. The van der Waals surface area contributed by atoms with E-state index in [-0.39, 0.29) is 22.2 Å². The molecule has 0 saturated heterocycles. The Morgan fingerprint density at radius 3 is 2.63 bits per heavy atom. The summed E-state index contributed by atoms with van der Waals surface area (Å²) >= 11 is 6.08. The maximum Gasteiger partial charge on any atom is 0.413 e. The van der Waals surface area contributed by atoms with E-state index >= 15 is 0 Å². The van der Waals surface area contributed by atoms with E-state index in [4.69, 9.17) is 21.1 Å². The number of rotatable bonds is 7. The number of anilines is 1. The van der Waals surface area contributed by atoms with Crippen LogP contribution < -0.4 is 10.6 Å². The van der Waals surface area contributed by atoms with E-state index in [1.165, 1.54) is 10.9 Å². The number of nitrogens with zero attached hydrogens (tertiary/aromatic N) is 5. The summed E-state index contributed by atoms with van der Waals surface area (Å²) in [7, 11) is 3.34. The van der Waals surface area contributed by atoms with E-state index in [0.29, 0.717) is 28.3 Å². The highest BCUT2D eigenvalue weighted by Gasteiger charge is 2.69. The molecule has 3 aliphatic carbocycles. The van der Waals surface area contributed by atoms with Crippen LogP contribution in [0.2, 0.25) is 5.15 Å². The smallest absolute Gasteiger partial charge is 0.413 e. The van der Waals surface area contributed by atoms with Crippen LogP contribution in [-0.4, -0.2) is 55.2 Å². The number of ether oxygens (including phenoxy) is 2.